The highest BCUT2D eigenvalue weighted by Gasteiger charge is 2.43. The van der Waals surface area contributed by atoms with Gasteiger partial charge in [-0.3, -0.25) is 9.69 Å². The van der Waals surface area contributed by atoms with Gasteiger partial charge in [-0.05, 0) is 30.4 Å². The molecule has 2 aliphatic rings. The summed E-state index contributed by atoms with van der Waals surface area (Å²) < 4.78 is 0. The average molecular weight is 341 g/mol. The third-order valence-electron chi connectivity index (χ3n) is 5.45. The van der Waals surface area contributed by atoms with Gasteiger partial charge in [0.2, 0.25) is 0 Å². The molecule has 5 heteroatoms. The van der Waals surface area contributed by atoms with E-state index in [0.29, 0.717) is 18.0 Å². The van der Waals surface area contributed by atoms with Gasteiger partial charge in [-0.2, -0.15) is 0 Å². The van der Waals surface area contributed by atoms with E-state index in [-0.39, 0.29) is 24.0 Å². The van der Waals surface area contributed by atoms with E-state index >= 15 is 0 Å². The highest BCUT2D eigenvalue weighted by molar-refractivity contribution is 6.01. The maximum atomic E-state index is 13.0. The van der Waals surface area contributed by atoms with Crippen LogP contribution in [0.2, 0.25) is 0 Å². The normalized spacial score (nSPS) is 21.8. The van der Waals surface area contributed by atoms with Gasteiger partial charge in [-0.15, -0.1) is 0 Å². The van der Waals surface area contributed by atoms with Crippen LogP contribution in [0.5, 0.6) is 0 Å². The topological polar surface area (TPSA) is 52.7 Å². The summed E-state index contributed by atoms with van der Waals surface area (Å²) in [5, 5.41) is 2.99. The maximum Gasteiger partial charge on any atom is 0.322 e. The SMILES string of the molecule is CC[C@@H](C)N1CC2=C(C1=O)[C@H](c1ccc(C(C)C)cc1)NC(=O)N2C. The third kappa shape index (κ3) is 2.92. The van der Waals surface area contributed by atoms with Crippen LogP contribution in [0, 0.1) is 0 Å². The Morgan fingerprint density at radius 1 is 1.16 bits per heavy atom. The molecule has 0 saturated heterocycles. The minimum Gasteiger partial charge on any atom is -0.330 e. The number of likely N-dealkylation sites (N-methyl/N-ethyl adjacent to an activating group) is 1. The molecule has 0 aromatic heterocycles. The second kappa shape index (κ2) is 6.54. The Kier molecular flexibility index (Phi) is 4.58. The predicted molar refractivity (Wildman–Crippen MR) is 98.1 cm³/mol. The molecule has 2 aliphatic heterocycles. The summed E-state index contributed by atoms with van der Waals surface area (Å²) in [5.41, 5.74) is 3.74. The Hall–Kier alpha value is -2.30. The van der Waals surface area contributed by atoms with Crippen LogP contribution in [0.25, 0.3) is 0 Å². The molecule has 25 heavy (non-hydrogen) atoms. The lowest BCUT2D eigenvalue weighted by atomic mass is 9.93. The van der Waals surface area contributed by atoms with Crippen molar-refractivity contribution in [3.05, 3.63) is 46.7 Å². The van der Waals surface area contributed by atoms with Gasteiger partial charge in [0, 0.05) is 13.1 Å². The lowest BCUT2D eigenvalue weighted by molar-refractivity contribution is -0.127. The van der Waals surface area contributed by atoms with Crippen LogP contribution in [0.4, 0.5) is 4.79 Å². The molecule has 5 nitrogen and oxygen atoms in total. The van der Waals surface area contributed by atoms with Gasteiger partial charge in [0.1, 0.15) is 0 Å². The number of nitrogens with one attached hydrogen (secondary N) is 1. The highest BCUT2D eigenvalue weighted by Crippen LogP contribution is 2.36. The molecule has 0 radical (unpaired) electrons. The van der Waals surface area contributed by atoms with Crippen LogP contribution in [0.15, 0.2) is 35.5 Å². The fourth-order valence-electron chi connectivity index (χ4n) is 3.49. The van der Waals surface area contributed by atoms with Crippen molar-refractivity contribution in [2.24, 2.45) is 0 Å². The van der Waals surface area contributed by atoms with Crippen molar-refractivity contribution in [1.29, 1.82) is 0 Å². The predicted octanol–water partition coefficient (Wildman–Crippen LogP) is 3.40. The summed E-state index contributed by atoms with van der Waals surface area (Å²) in [6, 6.07) is 7.83. The Morgan fingerprint density at radius 2 is 1.80 bits per heavy atom. The molecule has 1 aromatic rings. The van der Waals surface area contributed by atoms with Crippen molar-refractivity contribution < 1.29 is 9.59 Å². The van der Waals surface area contributed by atoms with Crippen molar-refractivity contribution in [2.45, 2.75) is 52.1 Å². The second-order valence-electron chi connectivity index (χ2n) is 7.31. The van der Waals surface area contributed by atoms with E-state index in [2.05, 4.69) is 45.1 Å². The van der Waals surface area contributed by atoms with E-state index in [1.807, 2.05) is 17.0 Å². The number of hydrogen-bond acceptors (Lipinski definition) is 2. The van der Waals surface area contributed by atoms with E-state index in [1.54, 1.807) is 11.9 Å². The van der Waals surface area contributed by atoms with Crippen molar-refractivity contribution in [3.63, 3.8) is 0 Å². The van der Waals surface area contributed by atoms with Gasteiger partial charge >= 0.3 is 6.03 Å². The Morgan fingerprint density at radius 3 is 2.36 bits per heavy atom. The third-order valence-corrected chi connectivity index (χ3v) is 5.45. The molecular formula is C20H27N3O2. The number of amides is 3. The first-order valence-corrected chi connectivity index (χ1v) is 9.03. The number of hydrogen-bond donors (Lipinski definition) is 1. The van der Waals surface area contributed by atoms with Crippen molar-refractivity contribution in [2.75, 3.05) is 13.6 Å². The minimum absolute atomic E-state index is 0.0362. The average Bonchev–Trinajstić information content (AvgIpc) is 2.95. The lowest BCUT2D eigenvalue weighted by Crippen LogP contribution is -2.45. The fraction of sp³-hybridized carbons (Fsp3) is 0.500. The zero-order chi connectivity index (χ0) is 18.3. The zero-order valence-electron chi connectivity index (χ0n) is 15.7. The molecule has 0 bridgehead atoms. The molecule has 1 N–H and O–H groups in total. The zero-order valence-corrected chi connectivity index (χ0v) is 15.7. The van der Waals surface area contributed by atoms with Crippen LogP contribution < -0.4 is 5.32 Å². The number of carbonyl (C=O) groups is 2. The Labute approximate surface area is 149 Å². The quantitative estimate of drug-likeness (QED) is 0.912. The number of carbonyl (C=O) groups excluding carboxylic acids is 2. The molecule has 1 aromatic carbocycles. The fourth-order valence-corrected chi connectivity index (χ4v) is 3.49. The Bertz CT molecular complexity index is 721. The number of urea groups is 1. The summed E-state index contributed by atoms with van der Waals surface area (Å²) >= 11 is 0. The molecule has 2 heterocycles. The van der Waals surface area contributed by atoms with Gasteiger partial charge in [-0.1, -0.05) is 45.0 Å². The largest absolute Gasteiger partial charge is 0.330 e. The molecule has 0 spiro atoms. The smallest absolute Gasteiger partial charge is 0.322 e. The van der Waals surface area contributed by atoms with Crippen LogP contribution >= 0.6 is 0 Å². The summed E-state index contributed by atoms with van der Waals surface area (Å²) in [6.45, 7) is 8.94. The summed E-state index contributed by atoms with van der Waals surface area (Å²) in [5.74, 6) is 0.485. The van der Waals surface area contributed by atoms with Crippen LogP contribution in [-0.4, -0.2) is 41.4 Å². The van der Waals surface area contributed by atoms with Gasteiger partial charge in [-0.25, -0.2) is 4.79 Å². The van der Waals surface area contributed by atoms with Crippen LogP contribution in [0.1, 0.15) is 57.2 Å². The molecule has 2 atom stereocenters. The van der Waals surface area contributed by atoms with Crippen molar-refractivity contribution in [1.82, 2.24) is 15.1 Å². The lowest BCUT2D eigenvalue weighted by Gasteiger charge is -2.31. The Balaban J connectivity index is 1.99. The van der Waals surface area contributed by atoms with Gasteiger partial charge in [0.05, 0.1) is 23.9 Å². The summed E-state index contributed by atoms with van der Waals surface area (Å²) in [4.78, 5) is 28.9. The molecular weight excluding hydrogens is 314 g/mol. The molecule has 134 valence electrons. The van der Waals surface area contributed by atoms with Gasteiger partial charge < -0.3 is 10.2 Å². The minimum atomic E-state index is -0.374. The highest BCUT2D eigenvalue weighted by atomic mass is 16.2. The first-order chi connectivity index (χ1) is 11.8. The summed E-state index contributed by atoms with van der Waals surface area (Å²) in [6.07, 6.45) is 0.894. The van der Waals surface area contributed by atoms with Gasteiger partial charge in [0.25, 0.3) is 5.91 Å². The maximum absolute atomic E-state index is 13.0. The van der Waals surface area contributed by atoms with Crippen LogP contribution in [-0.2, 0) is 4.79 Å². The molecule has 0 saturated carbocycles. The molecule has 3 rings (SSSR count). The van der Waals surface area contributed by atoms with E-state index in [0.717, 1.165) is 17.7 Å². The first-order valence-electron chi connectivity index (χ1n) is 9.03. The van der Waals surface area contributed by atoms with Crippen LogP contribution in [0.3, 0.4) is 0 Å². The van der Waals surface area contributed by atoms with Gasteiger partial charge in [0.15, 0.2) is 0 Å². The molecule has 0 fully saturated rings. The first kappa shape index (κ1) is 17.5. The van der Waals surface area contributed by atoms with E-state index < -0.39 is 0 Å². The second-order valence-corrected chi connectivity index (χ2v) is 7.31. The molecule has 0 unspecified atom stereocenters. The van der Waals surface area contributed by atoms with Crippen molar-refractivity contribution in [3.8, 4) is 0 Å². The monoisotopic (exact) mass is 341 g/mol. The van der Waals surface area contributed by atoms with E-state index in [4.69, 9.17) is 0 Å². The standard InChI is InChI=1S/C20H27N3O2/c1-6-13(4)23-11-16-17(19(23)24)18(21-20(25)22(16)5)15-9-7-14(8-10-15)12(2)3/h7-10,12-13,18H,6,11H2,1-5H3,(H,21,25)/t13-,18+/m1/s1. The van der Waals surface area contributed by atoms with Crippen molar-refractivity contribution >= 4 is 11.9 Å². The molecule has 0 aliphatic carbocycles. The molecule has 3 amide bonds. The number of rotatable bonds is 4. The van der Waals surface area contributed by atoms with E-state index in [9.17, 15) is 9.59 Å². The number of benzene rings is 1. The van der Waals surface area contributed by atoms with E-state index in [1.165, 1.54) is 5.56 Å². The summed E-state index contributed by atoms with van der Waals surface area (Å²) in [7, 11) is 1.73. The number of nitrogens with zero attached hydrogens (tertiary/aromatic N) is 2.